The standard InChI is InChI=1S/C9H17NO3S/c1-7-3-8(5-11)4-9(7,6-10)14(2,12)13/h8,11H,1,3-6,10H2,2H3/t8-,9-/m1/s1. The lowest BCUT2D eigenvalue weighted by molar-refractivity contribution is 0.228. The van der Waals surface area contributed by atoms with Gasteiger partial charge in [0.25, 0.3) is 0 Å². The summed E-state index contributed by atoms with van der Waals surface area (Å²) < 4.78 is 22.3. The van der Waals surface area contributed by atoms with Crippen LogP contribution >= 0.6 is 0 Å². The Labute approximate surface area is 84.7 Å². The first-order chi connectivity index (χ1) is 6.37. The predicted octanol–water partition coefficient (Wildman–Crippen LogP) is -0.313. The number of hydrogen-bond donors (Lipinski definition) is 2. The predicted molar refractivity (Wildman–Crippen MR) is 55.6 cm³/mol. The van der Waals surface area contributed by atoms with Gasteiger partial charge in [0.2, 0.25) is 0 Å². The normalized spacial score (nSPS) is 33.6. The number of aliphatic hydroxyl groups excluding tert-OH is 1. The largest absolute Gasteiger partial charge is 0.396 e. The molecule has 0 heterocycles. The molecule has 1 aliphatic carbocycles. The first-order valence-corrected chi connectivity index (χ1v) is 6.45. The number of nitrogens with two attached hydrogens (primary N) is 1. The molecule has 1 rings (SSSR count). The van der Waals surface area contributed by atoms with E-state index >= 15 is 0 Å². The zero-order chi connectivity index (χ0) is 11.0. The van der Waals surface area contributed by atoms with Gasteiger partial charge in [-0.3, -0.25) is 0 Å². The second-order valence-corrected chi connectivity index (χ2v) is 6.36. The lowest BCUT2D eigenvalue weighted by atomic mass is 10.0. The van der Waals surface area contributed by atoms with Crippen LogP contribution in [0.3, 0.4) is 0 Å². The van der Waals surface area contributed by atoms with Gasteiger partial charge in [-0.1, -0.05) is 12.2 Å². The van der Waals surface area contributed by atoms with Crippen LogP contribution in [-0.4, -0.2) is 37.7 Å². The fraction of sp³-hybridized carbons (Fsp3) is 0.778. The van der Waals surface area contributed by atoms with Crippen LogP contribution in [0.2, 0.25) is 0 Å². The average Bonchev–Trinajstić information content (AvgIpc) is 2.42. The molecule has 0 radical (unpaired) electrons. The SMILES string of the molecule is C=C1C[C@@H](CO)C[C@]1(CN)S(C)(=O)=O. The molecular weight excluding hydrogens is 202 g/mol. The maximum atomic E-state index is 11.6. The van der Waals surface area contributed by atoms with Gasteiger partial charge in [-0.15, -0.1) is 0 Å². The molecule has 0 spiro atoms. The summed E-state index contributed by atoms with van der Waals surface area (Å²) in [5.41, 5.74) is 6.18. The van der Waals surface area contributed by atoms with Gasteiger partial charge in [0.05, 0.1) is 0 Å². The van der Waals surface area contributed by atoms with E-state index in [1.807, 2.05) is 0 Å². The Morgan fingerprint density at radius 2 is 2.29 bits per heavy atom. The van der Waals surface area contributed by atoms with Crippen LogP contribution in [0, 0.1) is 5.92 Å². The van der Waals surface area contributed by atoms with Crippen LogP contribution in [0.15, 0.2) is 12.2 Å². The Morgan fingerprint density at radius 1 is 1.71 bits per heavy atom. The summed E-state index contributed by atoms with van der Waals surface area (Å²) in [6.07, 6.45) is 2.14. The minimum atomic E-state index is -3.24. The van der Waals surface area contributed by atoms with Gasteiger partial charge in [-0.2, -0.15) is 0 Å². The quantitative estimate of drug-likeness (QED) is 0.638. The fourth-order valence-corrected chi connectivity index (χ4v) is 3.59. The average molecular weight is 219 g/mol. The van der Waals surface area contributed by atoms with Crippen molar-refractivity contribution in [2.24, 2.45) is 11.7 Å². The van der Waals surface area contributed by atoms with Crippen LogP contribution in [0.5, 0.6) is 0 Å². The number of hydrogen-bond acceptors (Lipinski definition) is 4. The van der Waals surface area contributed by atoms with Gasteiger partial charge in [0.15, 0.2) is 9.84 Å². The number of sulfone groups is 1. The molecule has 0 aliphatic heterocycles. The molecule has 0 aromatic rings. The molecule has 82 valence electrons. The third kappa shape index (κ3) is 1.60. The van der Waals surface area contributed by atoms with E-state index in [1.165, 1.54) is 6.26 Å². The van der Waals surface area contributed by atoms with E-state index in [-0.39, 0.29) is 19.1 Å². The van der Waals surface area contributed by atoms with Crippen LogP contribution in [0.4, 0.5) is 0 Å². The Hall–Kier alpha value is -0.390. The van der Waals surface area contributed by atoms with Crippen LogP contribution in [0.1, 0.15) is 12.8 Å². The third-order valence-corrected chi connectivity index (χ3v) is 5.14. The van der Waals surface area contributed by atoms with E-state index in [0.717, 1.165) is 0 Å². The molecule has 1 saturated carbocycles. The van der Waals surface area contributed by atoms with Crippen LogP contribution < -0.4 is 5.73 Å². The molecule has 1 aliphatic rings. The van der Waals surface area contributed by atoms with Crippen molar-refractivity contribution in [3.63, 3.8) is 0 Å². The van der Waals surface area contributed by atoms with Gasteiger partial charge < -0.3 is 10.8 Å². The summed E-state index contributed by atoms with van der Waals surface area (Å²) >= 11 is 0. The van der Waals surface area contributed by atoms with Crippen molar-refractivity contribution in [3.05, 3.63) is 12.2 Å². The summed E-state index contributed by atoms with van der Waals surface area (Å²) in [6, 6.07) is 0. The van der Waals surface area contributed by atoms with Gasteiger partial charge in [-0.05, 0) is 18.8 Å². The van der Waals surface area contributed by atoms with Crippen molar-refractivity contribution in [2.45, 2.75) is 17.6 Å². The number of rotatable bonds is 3. The second-order valence-electron chi connectivity index (χ2n) is 4.03. The first kappa shape index (κ1) is 11.7. The molecule has 0 bridgehead atoms. The van der Waals surface area contributed by atoms with Gasteiger partial charge in [0.1, 0.15) is 4.75 Å². The maximum absolute atomic E-state index is 11.6. The summed E-state index contributed by atoms with van der Waals surface area (Å²) in [6.45, 7) is 3.83. The Morgan fingerprint density at radius 3 is 2.50 bits per heavy atom. The molecule has 0 saturated heterocycles. The van der Waals surface area contributed by atoms with Gasteiger partial charge in [-0.25, -0.2) is 8.42 Å². The summed E-state index contributed by atoms with van der Waals surface area (Å²) in [5.74, 6) is -0.0132. The summed E-state index contributed by atoms with van der Waals surface area (Å²) in [7, 11) is -3.24. The van der Waals surface area contributed by atoms with Crippen molar-refractivity contribution in [1.82, 2.24) is 0 Å². The zero-order valence-corrected chi connectivity index (χ0v) is 9.18. The summed E-state index contributed by atoms with van der Waals surface area (Å²) in [5, 5.41) is 9.00. The highest BCUT2D eigenvalue weighted by molar-refractivity contribution is 7.92. The Bertz CT molecular complexity index is 336. The lowest BCUT2D eigenvalue weighted by Gasteiger charge is -2.26. The molecule has 5 heteroatoms. The third-order valence-electron chi connectivity index (χ3n) is 3.10. The molecule has 1 fully saturated rings. The lowest BCUT2D eigenvalue weighted by Crippen LogP contribution is -2.44. The molecule has 0 amide bonds. The monoisotopic (exact) mass is 219 g/mol. The zero-order valence-electron chi connectivity index (χ0n) is 8.36. The van der Waals surface area contributed by atoms with E-state index < -0.39 is 14.6 Å². The minimum absolute atomic E-state index is 0.00368. The second kappa shape index (κ2) is 3.64. The molecule has 14 heavy (non-hydrogen) atoms. The van der Waals surface area contributed by atoms with E-state index in [9.17, 15) is 8.42 Å². The van der Waals surface area contributed by atoms with E-state index in [4.69, 9.17) is 10.8 Å². The van der Waals surface area contributed by atoms with Crippen LogP contribution in [0.25, 0.3) is 0 Å². The minimum Gasteiger partial charge on any atom is -0.396 e. The van der Waals surface area contributed by atoms with Crippen molar-refractivity contribution >= 4 is 9.84 Å². The highest BCUT2D eigenvalue weighted by Gasteiger charge is 2.48. The highest BCUT2D eigenvalue weighted by Crippen LogP contribution is 2.42. The van der Waals surface area contributed by atoms with Crippen molar-refractivity contribution in [3.8, 4) is 0 Å². The molecule has 0 aromatic carbocycles. The molecule has 2 atom stereocenters. The van der Waals surface area contributed by atoms with Crippen molar-refractivity contribution in [1.29, 1.82) is 0 Å². The summed E-state index contributed by atoms with van der Waals surface area (Å²) in [4.78, 5) is 0. The first-order valence-electron chi connectivity index (χ1n) is 4.56. The van der Waals surface area contributed by atoms with Gasteiger partial charge in [0, 0.05) is 19.4 Å². The van der Waals surface area contributed by atoms with E-state index in [1.54, 1.807) is 0 Å². The van der Waals surface area contributed by atoms with Crippen LogP contribution in [-0.2, 0) is 9.84 Å². The number of aliphatic hydroxyl groups is 1. The van der Waals surface area contributed by atoms with Gasteiger partial charge >= 0.3 is 0 Å². The van der Waals surface area contributed by atoms with E-state index in [0.29, 0.717) is 18.4 Å². The molecule has 0 unspecified atom stereocenters. The molecule has 4 nitrogen and oxygen atoms in total. The fourth-order valence-electron chi connectivity index (χ4n) is 2.14. The highest BCUT2D eigenvalue weighted by atomic mass is 32.2. The van der Waals surface area contributed by atoms with Crippen molar-refractivity contribution in [2.75, 3.05) is 19.4 Å². The topological polar surface area (TPSA) is 80.4 Å². The van der Waals surface area contributed by atoms with E-state index in [2.05, 4.69) is 6.58 Å². The molecular formula is C9H17NO3S. The molecule has 3 N–H and O–H groups in total. The maximum Gasteiger partial charge on any atom is 0.158 e. The Balaban J connectivity index is 3.09. The Kier molecular flexibility index (Phi) is 3.04. The van der Waals surface area contributed by atoms with Crippen molar-refractivity contribution < 1.29 is 13.5 Å². The molecule has 0 aromatic heterocycles. The smallest absolute Gasteiger partial charge is 0.158 e.